The van der Waals surface area contributed by atoms with Crippen LogP contribution in [0.25, 0.3) is 0 Å². The summed E-state index contributed by atoms with van der Waals surface area (Å²) in [5.41, 5.74) is 4.30. The lowest BCUT2D eigenvalue weighted by atomic mass is 10.1. The lowest BCUT2D eigenvalue weighted by Crippen LogP contribution is -2.23. The minimum atomic E-state index is -0.285. The number of amides is 2. The number of benzene rings is 3. The topological polar surface area (TPSA) is 75.3 Å². The highest BCUT2D eigenvalue weighted by atomic mass is 16.2. The van der Waals surface area contributed by atoms with Crippen LogP contribution in [0, 0.1) is 6.92 Å². The molecule has 3 rings (SSSR count). The van der Waals surface area contributed by atoms with Crippen LogP contribution in [-0.4, -0.2) is 17.6 Å². The zero-order valence-electron chi connectivity index (χ0n) is 16.4. The maximum atomic E-state index is 12.4. The highest BCUT2D eigenvalue weighted by Crippen LogP contribution is 2.13. The Kier molecular flexibility index (Phi) is 6.19. The van der Waals surface area contributed by atoms with E-state index in [9.17, 15) is 14.4 Å². The van der Waals surface area contributed by atoms with Gasteiger partial charge in [-0.1, -0.05) is 24.3 Å². The number of anilines is 1. The Morgan fingerprint density at radius 2 is 1.28 bits per heavy atom. The normalized spacial score (nSPS) is 10.3. The fourth-order valence-electron chi connectivity index (χ4n) is 2.85. The zero-order valence-corrected chi connectivity index (χ0v) is 16.4. The van der Waals surface area contributed by atoms with Gasteiger partial charge in [0.05, 0.1) is 0 Å². The summed E-state index contributed by atoms with van der Waals surface area (Å²) in [7, 11) is 0. The molecule has 5 heteroatoms. The second-order valence-corrected chi connectivity index (χ2v) is 6.77. The van der Waals surface area contributed by atoms with Crippen molar-refractivity contribution in [3.05, 3.63) is 101 Å². The fraction of sp³-hybridized carbons (Fsp3) is 0.125. The van der Waals surface area contributed by atoms with Crippen LogP contribution in [0.3, 0.4) is 0 Å². The maximum Gasteiger partial charge on any atom is 0.255 e. The summed E-state index contributed by atoms with van der Waals surface area (Å²) >= 11 is 0. The van der Waals surface area contributed by atoms with Crippen LogP contribution in [0.2, 0.25) is 0 Å². The minimum absolute atomic E-state index is 0.0285. The molecule has 0 saturated carbocycles. The summed E-state index contributed by atoms with van der Waals surface area (Å²) in [6.45, 7) is 3.94. The van der Waals surface area contributed by atoms with Gasteiger partial charge < -0.3 is 10.6 Å². The molecule has 3 aromatic carbocycles. The largest absolute Gasteiger partial charge is 0.348 e. The van der Waals surface area contributed by atoms with E-state index in [1.807, 2.05) is 31.2 Å². The van der Waals surface area contributed by atoms with Crippen molar-refractivity contribution in [3.8, 4) is 0 Å². The smallest absolute Gasteiger partial charge is 0.255 e. The third kappa shape index (κ3) is 5.17. The molecule has 0 aromatic heterocycles. The first-order chi connectivity index (χ1) is 13.9. The van der Waals surface area contributed by atoms with Gasteiger partial charge in [0, 0.05) is 28.9 Å². The maximum absolute atomic E-state index is 12.4. The molecule has 146 valence electrons. The van der Waals surface area contributed by atoms with E-state index in [4.69, 9.17) is 0 Å². The van der Waals surface area contributed by atoms with Crippen molar-refractivity contribution in [2.45, 2.75) is 20.4 Å². The van der Waals surface area contributed by atoms with E-state index in [1.54, 1.807) is 48.5 Å². The number of carbonyl (C=O) groups excluding carboxylic acids is 3. The van der Waals surface area contributed by atoms with Gasteiger partial charge in [0.1, 0.15) is 0 Å². The van der Waals surface area contributed by atoms with Gasteiger partial charge in [0.15, 0.2) is 5.78 Å². The molecule has 0 saturated heterocycles. The molecule has 0 aliphatic rings. The van der Waals surface area contributed by atoms with Crippen molar-refractivity contribution < 1.29 is 14.4 Å². The predicted octanol–water partition coefficient (Wildman–Crippen LogP) is 4.38. The molecule has 0 bridgehead atoms. The standard InChI is InChI=1S/C24H22N2O3/c1-16-5-3-4-6-21(16)15-25-23(28)19-7-9-20(10-8-19)24(29)26-22-13-11-18(12-14-22)17(2)27/h3-14H,15H2,1-2H3,(H,25,28)(H,26,29). The molecule has 0 aliphatic carbocycles. The third-order valence-corrected chi connectivity index (χ3v) is 4.66. The van der Waals surface area contributed by atoms with Gasteiger partial charge in [-0.15, -0.1) is 0 Å². The molecule has 0 aliphatic heterocycles. The number of ketones is 1. The Morgan fingerprint density at radius 1 is 0.724 bits per heavy atom. The average molecular weight is 386 g/mol. The van der Waals surface area contributed by atoms with Crippen molar-refractivity contribution in [1.29, 1.82) is 0 Å². The zero-order chi connectivity index (χ0) is 20.8. The fourth-order valence-corrected chi connectivity index (χ4v) is 2.85. The first kappa shape index (κ1) is 20.0. The number of Topliss-reactive ketones (excluding diaryl/α,β-unsaturated/α-hetero) is 1. The number of nitrogens with one attached hydrogen (secondary N) is 2. The molecule has 2 amide bonds. The molecular formula is C24H22N2O3. The molecular weight excluding hydrogens is 364 g/mol. The van der Waals surface area contributed by atoms with Gasteiger partial charge in [-0.2, -0.15) is 0 Å². The second-order valence-electron chi connectivity index (χ2n) is 6.77. The lowest BCUT2D eigenvalue weighted by molar-refractivity contribution is 0.0948. The third-order valence-electron chi connectivity index (χ3n) is 4.66. The van der Waals surface area contributed by atoms with E-state index in [0.717, 1.165) is 11.1 Å². The van der Waals surface area contributed by atoms with Gasteiger partial charge in [-0.05, 0) is 73.5 Å². The predicted molar refractivity (Wildman–Crippen MR) is 113 cm³/mol. The molecule has 0 spiro atoms. The molecule has 0 radical (unpaired) electrons. The van der Waals surface area contributed by atoms with Crippen molar-refractivity contribution in [3.63, 3.8) is 0 Å². The highest BCUT2D eigenvalue weighted by molar-refractivity contribution is 6.05. The van der Waals surface area contributed by atoms with Gasteiger partial charge >= 0.3 is 0 Å². The van der Waals surface area contributed by atoms with Crippen LogP contribution in [0.4, 0.5) is 5.69 Å². The Hall–Kier alpha value is -3.73. The van der Waals surface area contributed by atoms with Crippen molar-refractivity contribution in [2.24, 2.45) is 0 Å². The van der Waals surface area contributed by atoms with Crippen LogP contribution < -0.4 is 10.6 Å². The number of hydrogen-bond donors (Lipinski definition) is 2. The Labute approximate surface area is 169 Å². The lowest BCUT2D eigenvalue weighted by Gasteiger charge is -2.09. The monoisotopic (exact) mass is 386 g/mol. The highest BCUT2D eigenvalue weighted by Gasteiger charge is 2.10. The van der Waals surface area contributed by atoms with Gasteiger partial charge in [-0.25, -0.2) is 0 Å². The molecule has 0 heterocycles. The van der Waals surface area contributed by atoms with Crippen LogP contribution in [0.5, 0.6) is 0 Å². The van der Waals surface area contributed by atoms with Crippen molar-refractivity contribution >= 4 is 23.3 Å². The Morgan fingerprint density at radius 3 is 1.86 bits per heavy atom. The van der Waals surface area contributed by atoms with Gasteiger partial charge in [0.25, 0.3) is 11.8 Å². The molecule has 0 fully saturated rings. The average Bonchev–Trinajstić information content (AvgIpc) is 2.73. The molecule has 2 N–H and O–H groups in total. The van der Waals surface area contributed by atoms with E-state index < -0.39 is 0 Å². The number of carbonyl (C=O) groups is 3. The molecule has 0 unspecified atom stereocenters. The number of aryl methyl sites for hydroxylation is 1. The van der Waals surface area contributed by atoms with Crippen molar-refractivity contribution in [2.75, 3.05) is 5.32 Å². The summed E-state index contributed by atoms with van der Waals surface area (Å²) in [5, 5.41) is 5.67. The number of hydrogen-bond acceptors (Lipinski definition) is 3. The SMILES string of the molecule is CC(=O)c1ccc(NC(=O)c2ccc(C(=O)NCc3ccccc3C)cc2)cc1. The number of rotatable bonds is 6. The second kappa shape index (κ2) is 8.97. The summed E-state index contributed by atoms with van der Waals surface area (Å²) in [5.74, 6) is -0.508. The summed E-state index contributed by atoms with van der Waals surface area (Å²) in [6.07, 6.45) is 0. The van der Waals surface area contributed by atoms with E-state index in [-0.39, 0.29) is 17.6 Å². The Bertz CT molecular complexity index is 1040. The quantitative estimate of drug-likeness (QED) is 0.618. The van der Waals surface area contributed by atoms with Crippen LogP contribution >= 0.6 is 0 Å². The summed E-state index contributed by atoms with van der Waals surface area (Å²) < 4.78 is 0. The molecule has 5 nitrogen and oxygen atoms in total. The summed E-state index contributed by atoms with van der Waals surface area (Å²) in [4.78, 5) is 36.0. The molecule has 29 heavy (non-hydrogen) atoms. The van der Waals surface area contributed by atoms with E-state index in [2.05, 4.69) is 10.6 Å². The molecule has 3 aromatic rings. The molecule has 0 atom stereocenters. The van der Waals surface area contributed by atoms with Gasteiger partial charge in [0.2, 0.25) is 0 Å². The van der Waals surface area contributed by atoms with Crippen LogP contribution in [0.15, 0.2) is 72.8 Å². The van der Waals surface area contributed by atoms with Crippen LogP contribution in [0.1, 0.15) is 49.1 Å². The Balaban J connectivity index is 1.60. The first-order valence-electron chi connectivity index (χ1n) is 9.29. The van der Waals surface area contributed by atoms with Crippen LogP contribution in [-0.2, 0) is 6.54 Å². The first-order valence-corrected chi connectivity index (χ1v) is 9.29. The minimum Gasteiger partial charge on any atom is -0.348 e. The van der Waals surface area contributed by atoms with Gasteiger partial charge in [-0.3, -0.25) is 14.4 Å². The van der Waals surface area contributed by atoms with E-state index in [1.165, 1.54) is 6.92 Å². The summed E-state index contributed by atoms with van der Waals surface area (Å²) in [6, 6.07) is 21.1. The van der Waals surface area contributed by atoms with Crippen molar-refractivity contribution in [1.82, 2.24) is 5.32 Å². The van der Waals surface area contributed by atoms with E-state index in [0.29, 0.717) is 28.9 Å². The van der Waals surface area contributed by atoms with E-state index >= 15 is 0 Å².